The van der Waals surface area contributed by atoms with Crippen molar-refractivity contribution in [3.63, 3.8) is 0 Å². The van der Waals surface area contributed by atoms with Crippen LogP contribution in [0.4, 0.5) is 5.69 Å². The molecule has 1 amide bonds. The summed E-state index contributed by atoms with van der Waals surface area (Å²) in [7, 11) is 0. The molecular formula is C15H10N6OS. The van der Waals surface area contributed by atoms with Crippen molar-refractivity contribution < 1.29 is 4.79 Å². The van der Waals surface area contributed by atoms with E-state index < -0.39 is 0 Å². The maximum Gasteiger partial charge on any atom is 0.274 e. The van der Waals surface area contributed by atoms with Crippen LogP contribution in [0.2, 0.25) is 0 Å². The lowest BCUT2D eigenvalue weighted by molar-refractivity contribution is 0.102. The Labute approximate surface area is 134 Å². The lowest BCUT2D eigenvalue weighted by atomic mass is 10.2. The van der Waals surface area contributed by atoms with Crippen molar-refractivity contribution in [2.45, 2.75) is 0 Å². The highest BCUT2D eigenvalue weighted by Gasteiger charge is 2.10. The van der Waals surface area contributed by atoms with Crippen molar-refractivity contribution in [1.29, 1.82) is 0 Å². The highest BCUT2D eigenvalue weighted by Crippen LogP contribution is 2.21. The Hall–Kier alpha value is -3.13. The van der Waals surface area contributed by atoms with E-state index in [-0.39, 0.29) is 5.91 Å². The van der Waals surface area contributed by atoms with Crippen molar-refractivity contribution in [1.82, 2.24) is 24.7 Å². The van der Waals surface area contributed by atoms with Crippen LogP contribution in [-0.2, 0) is 0 Å². The van der Waals surface area contributed by atoms with Crippen LogP contribution in [0.1, 0.15) is 10.5 Å². The summed E-state index contributed by atoms with van der Waals surface area (Å²) in [6.07, 6.45) is 3.06. The first-order valence-electron chi connectivity index (χ1n) is 6.76. The minimum absolute atomic E-state index is 0.283. The molecule has 0 saturated heterocycles. The molecule has 3 heterocycles. The minimum atomic E-state index is -0.283. The molecule has 0 fully saturated rings. The fourth-order valence-electron chi connectivity index (χ4n) is 2.14. The molecule has 7 nitrogen and oxygen atoms in total. The highest BCUT2D eigenvalue weighted by molar-refractivity contribution is 7.16. The number of aromatic nitrogens is 5. The third-order valence-corrected chi connectivity index (χ3v) is 4.05. The molecule has 4 rings (SSSR count). The fraction of sp³-hybridized carbons (Fsp3) is 0. The van der Waals surface area contributed by atoms with Crippen LogP contribution < -0.4 is 5.32 Å². The number of benzene rings is 1. The summed E-state index contributed by atoms with van der Waals surface area (Å²) in [6.45, 7) is 0. The van der Waals surface area contributed by atoms with Gasteiger partial charge in [-0.15, -0.1) is 21.5 Å². The molecule has 0 spiro atoms. The molecule has 4 aromatic rings. The van der Waals surface area contributed by atoms with E-state index in [0.29, 0.717) is 17.2 Å². The van der Waals surface area contributed by atoms with E-state index in [9.17, 15) is 4.79 Å². The molecule has 0 unspecified atom stereocenters. The third-order valence-electron chi connectivity index (χ3n) is 3.24. The van der Waals surface area contributed by atoms with E-state index >= 15 is 0 Å². The number of fused-ring (bicyclic) bond motifs is 1. The zero-order valence-electron chi connectivity index (χ0n) is 11.7. The maximum absolute atomic E-state index is 12.4. The maximum atomic E-state index is 12.4. The van der Waals surface area contributed by atoms with E-state index in [2.05, 4.69) is 25.5 Å². The quantitative estimate of drug-likeness (QED) is 0.626. The van der Waals surface area contributed by atoms with Gasteiger partial charge in [0.25, 0.3) is 5.91 Å². The summed E-state index contributed by atoms with van der Waals surface area (Å²) < 4.78 is 2.72. The molecule has 0 aliphatic rings. The number of thiazole rings is 1. The minimum Gasteiger partial charge on any atom is -0.321 e. The average Bonchev–Trinajstić information content (AvgIpc) is 3.26. The second-order valence-corrected chi connectivity index (χ2v) is 5.63. The standard InChI is InChI=1S/C15H10N6OS/c22-15(19-10-4-5-13-12(6-10)16-9-23-13)11-2-1-3-14(20-11)21-7-17-18-8-21/h1-9H,(H,19,22). The van der Waals surface area contributed by atoms with Gasteiger partial charge in [-0.1, -0.05) is 6.07 Å². The predicted octanol–water partition coefficient (Wildman–Crippen LogP) is 2.52. The summed E-state index contributed by atoms with van der Waals surface area (Å²) in [5, 5.41) is 10.3. The molecule has 112 valence electrons. The topological polar surface area (TPSA) is 85.6 Å². The molecule has 0 bridgehead atoms. The third kappa shape index (κ3) is 2.67. The van der Waals surface area contributed by atoms with Gasteiger partial charge in [0.05, 0.1) is 15.7 Å². The van der Waals surface area contributed by atoms with Crippen LogP contribution in [-0.4, -0.2) is 30.6 Å². The number of amides is 1. The van der Waals surface area contributed by atoms with Gasteiger partial charge in [-0.25, -0.2) is 9.97 Å². The number of hydrogen-bond donors (Lipinski definition) is 1. The number of nitrogens with one attached hydrogen (secondary N) is 1. The van der Waals surface area contributed by atoms with Gasteiger partial charge in [0.2, 0.25) is 0 Å². The molecular weight excluding hydrogens is 312 g/mol. The number of pyridine rings is 1. The molecule has 0 radical (unpaired) electrons. The first-order chi connectivity index (χ1) is 11.3. The highest BCUT2D eigenvalue weighted by atomic mass is 32.1. The lowest BCUT2D eigenvalue weighted by Crippen LogP contribution is -2.14. The number of hydrogen-bond acceptors (Lipinski definition) is 6. The van der Waals surface area contributed by atoms with E-state index in [4.69, 9.17) is 0 Å². The van der Waals surface area contributed by atoms with Gasteiger partial charge in [-0.2, -0.15) is 0 Å². The number of carbonyl (C=O) groups is 1. The number of nitrogens with zero attached hydrogens (tertiary/aromatic N) is 5. The number of rotatable bonds is 3. The number of anilines is 1. The molecule has 23 heavy (non-hydrogen) atoms. The fourth-order valence-corrected chi connectivity index (χ4v) is 2.80. The zero-order chi connectivity index (χ0) is 15.6. The molecule has 1 N–H and O–H groups in total. The van der Waals surface area contributed by atoms with Gasteiger partial charge in [0.15, 0.2) is 0 Å². The van der Waals surface area contributed by atoms with Crippen LogP contribution in [0.3, 0.4) is 0 Å². The summed E-state index contributed by atoms with van der Waals surface area (Å²) in [5.41, 5.74) is 3.64. The molecule has 3 aromatic heterocycles. The second-order valence-electron chi connectivity index (χ2n) is 4.74. The Kier molecular flexibility index (Phi) is 3.28. The van der Waals surface area contributed by atoms with Crippen LogP contribution in [0.25, 0.3) is 16.0 Å². The molecule has 0 aliphatic carbocycles. The predicted molar refractivity (Wildman–Crippen MR) is 86.7 cm³/mol. The van der Waals surface area contributed by atoms with Gasteiger partial charge in [-0.3, -0.25) is 9.36 Å². The lowest BCUT2D eigenvalue weighted by Gasteiger charge is -2.06. The summed E-state index contributed by atoms with van der Waals surface area (Å²) in [5.74, 6) is 0.298. The Morgan fingerprint density at radius 3 is 2.87 bits per heavy atom. The molecule has 0 aliphatic heterocycles. The van der Waals surface area contributed by atoms with Crippen LogP contribution in [0, 0.1) is 0 Å². The van der Waals surface area contributed by atoms with Crippen LogP contribution >= 0.6 is 11.3 Å². The van der Waals surface area contributed by atoms with Crippen molar-refractivity contribution >= 4 is 33.1 Å². The molecule has 0 saturated carbocycles. The largest absolute Gasteiger partial charge is 0.321 e. The number of carbonyl (C=O) groups excluding carboxylic acids is 1. The van der Waals surface area contributed by atoms with Crippen molar-refractivity contribution in [2.75, 3.05) is 5.32 Å². The normalized spacial score (nSPS) is 10.8. The Balaban J connectivity index is 1.60. The van der Waals surface area contributed by atoms with E-state index in [0.717, 1.165) is 10.2 Å². The van der Waals surface area contributed by atoms with Crippen molar-refractivity contribution in [2.24, 2.45) is 0 Å². The first-order valence-corrected chi connectivity index (χ1v) is 7.64. The van der Waals surface area contributed by atoms with Crippen LogP contribution in [0.5, 0.6) is 0 Å². The molecule has 1 aromatic carbocycles. The second kappa shape index (κ2) is 5.58. The van der Waals surface area contributed by atoms with Gasteiger partial charge < -0.3 is 5.32 Å². The zero-order valence-corrected chi connectivity index (χ0v) is 12.6. The van der Waals surface area contributed by atoms with Gasteiger partial charge in [0, 0.05) is 5.69 Å². The summed E-state index contributed by atoms with van der Waals surface area (Å²) in [4.78, 5) is 20.9. The SMILES string of the molecule is O=C(Nc1ccc2scnc2c1)c1cccc(-n2cnnc2)n1. The van der Waals surface area contributed by atoms with Crippen molar-refractivity contribution in [3.8, 4) is 5.82 Å². The first kappa shape index (κ1) is 13.5. The van der Waals surface area contributed by atoms with Gasteiger partial charge in [-0.05, 0) is 30.3 Å². The van der Waals surface area contributed by atoms with Crippen molar-refractivity contribution in [3.05, 3.63) is 60.3 Å². The monoisotopic (exact) mass is 322 g/mol. The van der Waals surface area contributed by atoms with Crippen LogP contribution in [0.15, 0.2) is 54.6 Å². The average molecular weight is 322 g/mol. The summed E-state index contributed by atoms with van der Waals surface area (Å²) >= 11 is 1.56. The Morgan fingerprint density at radius 1 is 1.13 bits per heavy atom. The molecule has 8 heteroatoms. The summed E-state index contributed by atoms with van der Waals surface area (Å²) in [6, 6.07) is 10.8. The van der Waals surface area contributed by atoms with E-state index in [1.807, 2.05) is 18.2 Å². The van der Waals surface area contributed by atoms with E-state index in [1.165, 1.54) is 12.7 Å². The Morgan fingerprint density at radius 2 is 2.00 bits per heavy atom. The van der Waals surface area contributed by atoms with Gasteiger partial charge in [0.1, 0.15) is 24.2 Å². The van der Waals surface area contributed by atoms with Gasteiger partial charge >= 0.3 is 0 Å². The Bertz CT molecular complexity index is 978. The smallest absolute Gasteiger partial charge is 0.274 e. The van der Waals surface area contributed by atoms with E-state index in [1.54, 1.807) is 39.6 Å². The molecule has 0 atom stereocenters.